The number of ether oxygens (including phenoxy) is 2. The van der Waals surface area contributed by atoms with Gasteiger partial charge in [0.25, 0.3) is 0 Å². The van der Waals surface area contributed by atoms with E-state index < -0.39 is 11.9 Å². The maximum atomic E-state index is 12.3. The van der Waals surface area contributed by atoms with Crippen LogP contribution in [0.2, 0.25) is 0 Å². The maximum Gasteiger partial charge on any atom is 0.307 e. The molecule has 0 spiro atoms. The fourth-order valence-corrected chi connectivity index (χ4v) is 3.50. The molecule has 2 atom stereocenters. The molecule has 0 saturated heterocycles. The largest absolute Gasteiger partial charge is 0.493 e. The van der Waals surface area contributed by atoms with Crippen molar-refractivity contribution in [1.82, 2.24) is 0 Å². The minimum Gasteiger partial charge on any atom is -0.493 e. The lowest BCUT2D eigenvalue weighted by Crippen LogP contribution is -2.06. The number of rotatable bonds is 5. The Labute approximate surface area is 125 Å². The summed E-state index contributed by atoms with van der Waals surface area (Å²) in [6, 6.07) is 5.45. The van der Waals surface area contributed by atoms with Gasteiger partial charge < -0.3 is 14.6 Å². The van der Waals surface area contributed by atoms with Gasteiger partial charge in [-0.05, 0) is 23.9 Å². The van der Waals surface area contributed by atoms with Crippen molar-refractivity contribution in [3.63, 3.8) is 0 Å². The normalized spacial score (nSPS) is 20.3. The molecule has 3 rings (SSSR count). The number of carbonyl (C=O) groups is 2. The highest BCUT2D eigenvalue weighted by Crippen LogP contribution is 2.44. The van der Waals surface area contributed by atoms with Crippen LogP contribution in [0.3, 0.4) is 0 Å². The van der Waals surface area contributed by atoms with Gasteiger partial charge in [0.2, 0.25) is 0 Å². The van der Waals surface area contributed by atoms with Gasteiger partial charge in [0.15, 0.2) is 17.3 Å². The van der Waals surface area contributed by atoms with Crippen LogP contribution in [0.5, 0.6) is 11.5 Å². The van der Waals surface area contributed by atoms with Crippen LogP contribution in [-0.4, -0.2) is 31.1 Å². The third-order valence-electron chi connectivity index (χ3n) is 3.71. The molecule has 1 aliphatic carbocycles. The second-order valence-electron chi connectivity index (χ2n) is 5.01. The van der Waals surface area contributed by atoms with E-state index in [1.807, 2.05) is 12.1 Å². The van der Waals surface area contributed by atoms with Crippen molar-refractivity contribution in [2.24, 2.45) is 11.8 Å². The van der Waals surface area contributed by atoms with Gasteiger partial charge in [-0.1, -0.05) is 0 Å². The SMILES string of the molecule is COc1cc2cc(C(=O)C3CC3C(=O)O)sc2cc1OC. The minimum atomic E-state index is -0.891. The first-order chi connectivity index (χ1) is 10.0. The first-order valence-electron chi connectivity index (χ1n) is 6.47. The number of hydrogen-bond acceptors (Lipinski definition) is 5. The molecule has 1 saturated carbocycles. The number of carboxylic acids is 1. The van der Waals surface area contributed by atoms with Crippen LogP contribution in [0, 0.1) is 11.8 Å². The first kappa shape index (κ1) is 13.9. The Hall–Kier alpha value is -2.08. The van der Waals surface area contributed by atoms with E-state index in [1.54, 1.807) is 20.3 Å². The highest BCUT2D eigenvalue weighted by Gasteiger charge is 2.48. The van der Waals surface area contributed by atoms with Gasteiger partial charge in [-0.3, -0.25) is 9.59 Å². The molecule has 110 valence electrons. The number of carbonyl (C=O) groups excluding carboxylic acids is 1. The highest BCUT2D eigenvalue weighted by molar-refractivity contribution is 7.20. The van der Waals surface area contributed by atoms with Crippen molar-refractivity contribution in [3.8, 4) is 11.5 Å². The van der Waals surface area contributed by atoms with Gasteiger partial charge in [-0.25, -0.2) is 0 Å². The number of methoxy groups -OCH3 is 2. The molecule has 0 aliphatic heterocycles. The smallest absolute Gasteiger partial charge is 0.307 e. The van der Waals surface area contributed by atoms with Crippen LogP contribution in [0.25, 0.3) is 10.1 Å². The van der Waals surface area contributed by atoms with E-state index in [0.29, 0.717) is 22.8 Å². The molecule has 0 amide bonds. The van der Waals surface area contributed by atoms with E-state index >= 15 is 0 Å². The fraction of sp³-hybridized carbons (Fsp3) is 0.333. The quantitative estimate of drug-likeness (QED) is 0.860. The molecule has 5 nitrogen and oxygen atoms in total. The van der Waals surface area contributed by atoms with E-state index in [0.717, 1.165) is 10.1 Å². The van der Waals surface area contributed by atoms with Crippen molar-refractivity contribution < 1.29 is 24.2 Å². The summed E-state index contributed by atoms with van der Waals surface area (Å²) in [5, 5.41) is 9.81. The molecular weight excluding hydrogens is 292 g/mol. The zero-order valence-corrected chi connectivity index (χ0v) is 12.4. The summed E-state index contributed by atoms with van der Waals surface area (Å²) in [5.41, 5.74) is 0. The molecule has 2 aromatic rings. The lowest BCUT2D eigenvalue weighted by molar-refractivity contribution is -0.138. The van der Waals surface area contributed by atoms with Gasteiger partial charge in [0.1, 0.15) is 0 Å². The van der Waals surface area contributed by atoms with Crippen molar-refractivity contribution in [3.05, 3.63) is 23.1 Å². The Kier molecular flexibility index (Phi) is 3.33. The Morgan fingerprint density at radius 3 is 2.38 bits per heavy atom. The Morgan fingerprint density at radius 2 is 1.81 bits per heavy atom. The molecular formula is C15H14O5S. The molecule has 0 radical (unpaired) electrons. The molecule has 1 aliphatic rings. The second-order valence-corrected chi connectivity index (χ2v) is 6.09. The van der Waals surface area contributed by atoms with Gasteiger partial charge in [0, 0.05) is 16.7 Å². The molecule has 1 aromatic carbocycles. The van der Waals surface area contributed by atoms with Crippen molar-refractivity contribution in [2.75, 3.05) is 14.2 Å². The van der Waals surface area contributed by atoms with E-state index in [1.165, 1.54) is 11.3 Å². The topological polar surface area (TPSA) is 72.8 Å². The van der Waals surface area contributed by atoms with Gasteiger partial charge in [-0.2, -0.15) is 0 Å². The Balaban J connectivity index is 1.94. The van der Waals surface area contributed by atoms with Gasteiger partial charge in [-0.15, -0.1) is 11.3 Å². The van der Waals surface area contributed by atoms with Crippen molar-refractivity contribution in [2.45, 2.75) is 6.42 Å². The van der Waals surface area contributed by atoms with E-state index in [-0.39, 0.29) is 11.7 Å². The lowest BCUT2D eigenvalue weighted by Gasteiger charge is -2.06. The summed E-state index contributed by atoms with van der Waals surface area (Å²) < 4.78 is 11.4. The first-order valence-corrected chi connectivity index (χ1v) is 7.29. The number of aliphatic carboxylic acids is 1. The number of fused-ring (bicyclic) bond motifs is 1. The number of benzene rings is 1. The summed E-state index contributed by atoms with van der Waals surface area (Å²) in [6.07, 6.45) is 0.440. The molecule has 0 bridgehead atoms. The van der Waals surface area contributed by atoms with Crippen LogP contribution < -0.4 is 9.47 Å². The predicted molar refractivity (Wildman–Crippen MR) is 78.5 cm³/mol. The summed E-state index contributed by atoms with van der Waals surface area (Å²) in [6.45, 7) is 0. The van der Waals surface area contributed by atoms with Crippen molar-refractivity contribution in [1.29, 1.82) is 0 Å². The molecule has 2 unspecified atom stereocenters. The fourth-order valence-electron chi connectivity index (χ4n) is 2.43. The molecule has 6 heteroatoms. The molecule has 1 N–H and O–H groups in total. The Morgan fingerprint density at radius 1 is 1.14 bits per heavy atom. The zero-order chi connectivity index (χ0) is 15.1. The molecule has 1 fully saturated rings. The summed E-state index contributed by atoms with van der Waals surface area (Å²) >= 11 is 1.36. The minimum absolute atomic E-state index is 0.0819. The number of Topliss-reactive ketones (excluding diaryl/α,β-unsaturated/α-hetero) is 1. The van der Waals surface area contributed by atoms with E-state index in [2.05, 4.69) is 0 Å². The monoisotopic (exact) mass is 306 g/mol. The lowest BCUT2D eigenvalue weighted by atomic mass is 10.1. The third kappa shape index (κ3) is 2.35. The van der Waals surface area contributed by atoms with E-state index in [4.69, 9.17) is 14.6 Å². The predicted octanol–water partition coefficient (Wildman–Crippen LogP) is 2.82. The number of hydrogen-bond donors (Lipinski definition) is 1. The van der Waals surface area contributed by atoms with Crippen molar-refractivity contribution >= 4 is 33.2 Å². The number of thiophene rings is 1. The van der Waals surface area contributed by atoms with Crippen LogP contribution in [0.1, 0.15) is 16.1 Å². The maximum absolute atomic E-state index is 12.3. The van der Waals surface area contributed by atoms with Gasteiger partial charge >= 0.3 is 5.97 Å². The molecule has 1 heterocycles. The molecule has 21 heavy (non-hydrogen) atoms. The van der Waals surface area contributed by atoms with Crippen LogP contribution in [0.4, 0.5) is 0 Å². The average Bonchev–Trinajstić information content (AvgIpc) is 3.18. The summed E-state index contributed by atoms with van der Waals surface area (Å²) in [7, 11) is 3.12. The van der Waals surface area contributed by atoms with Crippen LogP contribution in [0.15, 0.2) is 18.2 Å². The second kappa shape index (κ2) is 5.04. The third-order valence-corrected chi connectivity index (χ3v) is 4.82. The zero-order valence-electron chi connectivity index (χ0n) is 11.6. The van der Waals surface area contributed by atoms with E-state index in [9.17, 15) is 9.59 Å². The van der Waals surface area contributed by atoms with Crippen LogP contribution >= 0.6 is 11.3 Å². The van der Waals surface area contributed by atoms with Gasteiger partial charge in [0.05, 0.1) is 25.0 Å². The summed E-state index contributed by atoms with van der Waals surface area (Å²) in [4.78, 5) is 23.7. The molecule has 1 aromatic heterocycles. The number of carboxylic acid groups (broad SMARTS) is 1. The standard InChI is InChI=1S/C15H14O5S/c1-19-10-3-7-4-13(21-12(7)6-11(10)20-2)14(16)8-5-9(8)15(17)18/h3-4,6,8-9H,5H2,1-2H3,(H,17,18). The Bertz CT molecular complexity index is 692. The highest BCUT2D eigenvalue weighted by atomic mass is 32.1. The number of ketones is 1. The summed E-state index contributed by atoms with van der Waals surface area (Å²) in [5.74, 6) is -0.650. The average molecular weight is 306 g/mol. The van der Waals surface area contributed by atoms with Crippen LogP contribution in [-0.2, 0) is 4.79 Å².